The van der Waals surface area contributed by atoms with Gasteiger partial charge in [0.05, 0.1) is 0 Å². The highest BCUT2D eigenvalue weighted by atomic mass is 16.1. The van der Waals surface area contributed by atoms with Crippen molar-refractivity contribution in [3.05, 3.63) is 23.9 Å². The number of nitrogens with two attached hydrogens (primary N) is 1. The van der Waals surface area contributed by atoms with Crippen molar-refractivity contribution in [3.8, 4) is 0 Å². The Balaban J connectivity index is 1.65. The second-order valence-corrected chi connectivity index (χ2v) is 6.70. The van der Waals surface area contributed by atoms with Crippen molar-refractivity contribution >= 4 is 11.7 Å². The van der Waals surface area contributed by atoms with Crippen LogP contribution in [0.3, 0.4) is 0 Å². The Kier molecular flexibility index (Phi) is 5.13. The summed E-state index contributed by atoms with van der Waals surface area (Å²) >= 11 is 0. The molecule has 2 atom stereocenters. The van der Waals surface area contributed by atoms with E-state index in [9.17, 15) is 4.79 Å². The fraction of sp³-hybridized carbons (Fsp3) is 0.647. The minimum Gasteiger partial charge on any atom is -0.354 e. The molecule has 1 saturated carbocycles. The summed E-state index contributed by atoms with van der Waals surface area (Å²) in [4.78, 5) is 21.5. The van der Waals surface area contributed by atoms with Gasteiger partial charge in [-0.25, -0.2) is 4.98 Å². The van der Waals surface area contributed by atoms with Gasteiger partial charge in [-0.2, -0.15) is 0 Å². The van der Waals surface area contributed by atoms with Crippen LogP contribution in [0.2, 0.25) is 0 Å². The number of nitrogens with one attached hydrogen (secondary N) is 1. The molecule has 6 nitrogen and oxygen atoms in total. The van der Waals surface area contributed by atoms with Gasteiger partial charge in [0.25, 0.3) is 5.91 Å². The SMILES string of the molecule is CN1CCN(c2cc(C(=O)NC3CCCC3CN)ccn2)CC1. The van der Waals surface area contributed by atoms with E-state index >= 15 is 0 Å². The molecule has 1 aromatic heterocycles. The van der Waals surface area contributed by atoms with Crippen LogP contribution in [-0.4, -0.2) is 61.6 Å². The van der Waals surface area contributed by atoms with Crippen LogP contribution in [0.5, 0.6) is 0 Å². The molecule has 1 saturated heterocycles. The predicted molar refractivity (Wildman–Crippen MR) is 91.6 cm³/mol. The standard InChI is InChI=1S/C17H27N5O/c1-21-7-9-22(10-8-21)16-11-13(5-6-19-16)17(23)20-15-4-2-3-14(15)12-18/h5-6,11,14-15H,2-4,7-10,12,18H2,1H3,(H,20,23). The first-order valence-electron chi connectivity index (χ1n) is 8.58. The summed E-state index contributed by atoms with van der Waals surface area (Å²) in [6.45, 7) is 4.60. The molecule has 0 aromatic carbocycles. The molecule has 6 heteroatoms. The van der Waals surface area contributed by atoms with E-state index in [0.29, 0.717) is 18.0 Å². The molecule has 2 aliphatic rings. The van der Waals surface area contributed by atoms with Gasteiger partial charge >= 0.3 is 0 Å². The van der Waals surface area contributed by atoms with E-state index in [1.165, 1.54) is 0 Å². The van der Waals surface area contributed by atoms with Crippen molar-refractivity contribution in [2.45, 2.75) is 25.3 Å². The Morgan fingerprint density at radius 2 is 2.13 bits per heavy atom. The summed E-state index contributed by atoms with van der Waals surface area (Å²) in [6, 6.07) is 3.92. The number of hydrogen-bond acceptors (Lipinski definition) is 5. The number of hydrogen-bond donors (Lipinski definition) is 2. The fourth-order valence-corrected chi connectivity index (χ4v) is 3.53. The van der Waals surface area contributed by atoms with Gasteiger partial charge in [-0.05, 0) is 44.5 Å². The molecule has 0 spiro atoms. The van der Waals surface area contributed by atoms with Crippen LogP contribution >= 0.6 is 0 Å². The second kappa shape index (κ2) is 7.27. The van der Waals surface area contributed by atoms with Gasteiger partial charge in [-0.3, -0.25) is 4.79 Å². The number of nitrogens with zero attached hydrogens (tertiary/aromatic N) is 3. The minimum atomic E-state index is -0.00636. The third-order valence-electron chi connectivity index (χ3n) is 5.11. The van der Waals surface area contributed by atoms with Crippen LogP contribution in [0.4, 0.5) is 5.82 Å². The lowest BCUT2D eigenvalue weighted by molar-refractivity contribution is 0.0928. The number of rotatable bonds is 4. The van der Waals surface area contributed by atoms with Crippen molar-refractivity contribution in [1.82, 2.24) is 15.2 Å². The van der Waals surface area contributed by atoms with Gasteiger partial charge < -0.3 is 20.9 Å². The topological polar surface area (TPSA) is 74.5 Å². The largest absolute Gasteiger partial charge is 0.354 e. The minimum absolute atomic E-state index is 0.00636. The third-order valence-corrected chi connectivity index (χ3v) is 5.11. The van der Waals surface area contributed by atoms with Gasteiger partial charge in [0.15, 0.2) is 0 Å². The maximum atomic E-state index is 12.5. The maximum absolute atomic E-state index is 12.5. The van der Waals surface area contributed by atoms with E-state index in [1.54, 1.807) is 12.3 Å². The zero-order valence-electron chi connectivity index (χ0n) is 13.9. The van der Waals surface area contributed by atoms with Gasteiger partial charge in [-0.1, -0.05) is 6.42 Å². The van der Waals surface area contributed by atoms with Crippen molar-refractivity contribution in [2.24, 2.45) is 11.7 Å². The summed E-state index contributed by atoms with van der Waals surface area (Å²) in [5.41, 5.74) is 6.49. The highest BCUT2D eigenvalue weighted by Gasteiger charge is 2.27. The molecule has 3 N–H and O–H groups in total. The average Bonchev–Trinajstić information content (AvgIpc) is 3.03. The smallest absolute Gasteiger partial charge is 0.251 e. The Hall–Kier alpha value is -1.66. The maximum Gasteiger partial charge on any atom is 0.251 e. The summed E-state index contributed by atoms with van der Waals surface area (Å²) < 4.78 is 0. The van der Waals surface area contributed by atoms with Gasteiger partial charge in [0.2, 0.25) is 0 Å². The van der Waals surface area contributed by atoms with Crippen LogP contribution in [0, 0.1) is 5.92 Å². The molecule has 1 aliphatic heterocycles. The molecular weight excluding hydrogens is 290 g/mol. The van der Waals surface area contributed by atoms with Gasteiger partial charge in [0.1, 0.15) is 5.82 Å². The predicted octanol–water partition coefficient (Wildman–Crippen LogP) is 0.691. The normalized spacial score (nSPS) is 25.6. The Labute approximate surface area is 138 Å². The van der Waals surface area contributed by atoms with E-state index in [0.717, 1.165) is 51.3 Å². The first kappa shape index (κ1) is 16.2. The van der Waals surface area contributed by atoms with E-state index < -0.39 is 0 Å². The molecule has 0 bridgehead atoms. The Morgan fingerprint density at radius 1 is 1.35 bits per heavy atom. The molecule has 23 heavy (non-hydrogen) atoms. The first-order chi connectivity index (χ1) is 11.2. The summed E-state index contributed by atoms with van der Waals surface area (Å²) in [5.74, 6) is 1.30. The first-order valence-corrected chi connectivity index (χ1v) is 8.58. The number of piperazine rings is 1. The van der Waals surface area contributed by atoms with Gasteiger partial charge in [-0.15, -0.1) is 0 Å². The molecule has 2 unspecified atom stereocenters. The third kappa shape index (κ3) is 3.82. The van der Waals surface area contributed by atoms with Crippen LogP contribution in [0.15, 0.2) is 18.3 Å². The van der Waals surface area contributed by atoms with Crippen molar-refractivity contribution in [2.75, 3.05) is 44.7 Å². The molecule has 1 aliphatic carbocycles. The zero-order valence-corrected chi connectivity index (χ0v) is 13.9. The van der Waals surface area contributed by atoms with Crippen LogP contribution in [-0.2, 0) is 0 Å². The number of carbonyl (C=O) groups excluding carboxylic acids is 1. The van der Waals surface area contributed by atoms with Crippen molar-refractivity contribution < 1.29 is 4.79 Å². The fourth-order valence-electron chi connectivity index (χ4n) is 3.53. The summed E-state index contributed by atoms with van der Waals surface area (Å²) in [6.07, 6.45) is 5.03. The lowest BCUT2D eigenvalue weighted by Crippen LogP contribution is -2.45. The van der Waals surface area contributed by atoms with Crippen LogP contribution in [0.25, 0.3) is 0 Å². The second-order valence-electron chi connectivity index (χ2n) is 6.70. The van der Waals surface area contributed by atoms with E-state index in [-0.39, 0.29) is 11.9 Å². The zero-order chi connectivity index (χ0) is 16.2. The molecule has 3 rings (SSSR count). The lowest BCUT2D eigenvalue weighted by Gasteiger charge is -2.33. The Bertz CT molecular complexity index is 542. The number of pyridine rings is 1. The van der Waals surface area contributed by atoms with E-state index in [2.05, 4.69) is 27.1 Å². The van der Waals surface area contributed by atoms with Crippen molar-refractivity contribution in [1.29, 1.82) is 0 Å². The quantitative estimate of drug-likeness (QED) is 0.855. The number of aromatic nitrogens is 1. The number of carbonyl (C=O) groups is 1. The summed E-state index contributed by atoms with van der Waals surface area (Å²) in [7, 11) is 2.13. The van der Waals surface area contributed by atoms with E-state index in [1.807, 2.05) is 6.07 Å². The van der Waals surface area contributed by atoms with Crippen LogP contribution in [0.1, 0.15) is 29.6 Å². The lowest BCUT2D eigenvalue weighted by atomic mass is 10.0. The highest BCUT2D eigenvalue weighted by Crippen LogP contribution is 2.25. The molecule has 126 valence electrons. The number of amides is 1. The molecule has 1 amide bonds. The molecular formula is C17H27N5O. The molecule has 0 radical (unpaired) electrons. The van der Waals surface area contributed by atoms with Gasteiger partial charge in [0, 0.05) is 44.0 Å². The molecule has 1 aromatic rings. The monoisotopic (exact) mass is 317 g/mol. The molecule has 2 fully saturated rings. The number of likely N-dealkylation sites (N-methyl/N-ethyl adjacent to an activating group) is 1. The summed E-state index contributed by atoms with van der Waals surface area (Å²) in [5, 5.41) is 3.16. The number of anilines is 1. The van der Waals surface area contributed by atoms with E-state index in [4.69, 9.17) is 5.73 Å². The average molecular weight is 317 g/mol. The van der Waals surface area contributed by atoms with Crippen molar-refractivity contribution in [3.63, 3.8) is 0 Å². The highest BCUT2D eigenvalue weighted by molar-refractivity contribution is 5.95. The molecule has 2 heterocycles. The Morgan fingerprint density at radius 3 is 2.87 bits per heavy atom. The van der Waals surface area contributed by atoms with Crippen LogP contribution < -0.4 is 16.0 Å².